The average molecular weight is 199 g/mol. The second-order valence-electron chi connectivity index (χ2n) is 4.26. The first-order chi connectivity index (χ1) is 6.61. The van der Waals surface area contributed by atoms with Gasteiger partial charge in [0.2, 0.25) is 5.91 Å². The molecule has 0 aliphatic carbocycles. The molecule has 0 bridgehead atoms. The maximum Gasteiger partial charge on any atom is 0.241 e. The van der Waals surface area contributed by atoms with Crippen molar-refractivity contribution in [2.24, 2.45) is 17.7 Å². The zero-order valence-electron chi connectivity index (χ0n) is 8.64. The van der Waals surface area contributed by atoms with Gasteiger partial charge < -0.3 is 4.74 Å². The molecule has 0 saturated carbocycles. The van der Waals surface area contributed by atoms with Crippen LogP contribution in [-0.4, -0.2) is 55.7 Å². The van der Waals surface area contributed by atoms with Gasteiger partial charge in [0.15, 0.2) is 0 Å². The molecule has 2 aliphatic heterocycles. The number of nitrogens with two attached hydrogens (primary N) is 1. The van der Waals surface area contributed by atoms with Crippen LogP contribution >= 0.6 is 0 Å². The number of likely N-dealkylation sites (tertiary alicyclic amines) is 1. The minimum Gasteiger partial charge on any atom is -0.379 e. The third kappa shape index (κ3) is 1.41. The predicted octanol–water partition coefficient (Wildman–Crippen LogP) is -1.10. The molecule has 0 aromatic carbocycles. The largest absolute Gasteiger partial charge is 0.379 e. The van der Waals surface area contributed by atoms with Crippen LogP contribution in [0.3, 0.4) is 0 Å². The van der Waals surface area contributed by atoms with Crippen LogP contribution in [0.15, 0.2) is 0 Å². The van der Waals surface area contributed by atoms with Crippen molar-refractivity contribution < 1.29 is 9.53 Å². The Labute approximate surface area is 83.8 Å². The maximum atomic E-state index is 11.8. The van der Waals surface area contributed by atoms with Gasteiger partial charge in [-0.25, -0.2) is 5.84 Å². The number of hydrazine groups is 1. The standard InChI is InChI=1S/C9H17N3O2/c1-11-3-6(9(13)12(2)10)7-4-14-5-8(7)11/h6-8H,3-5,10H2,1-2H3. The number of rotatable bonds is 1. The van der Waals surface area contributed by atoms with Crippen molar-refractivity contribution in [3.05, 3.63) is 0 Å². The lowest BCUT2D eigenvalue weighted by molar-refractivity contribution is -0.135. The first-order valence-corrected chi connectivity index (χ1v) is 4.91. The third-order valence-electron chi connectivity index (χ3n) is 3.33. The minimum absolute atomic E-state index is 0.0162. The monoisotopic (exact) mass is 199 g/mol. The van der Waals surface area contributed by atoms with Crippen molar-refractivity contribution in [3.8, 4) is 0 Å². The molecule has 1 amide bonds. The fourth-order valence-electron chi connectivity index (χ4n) is 2.50. The van der Waals surface area contributed by atoms with Gasteiger partial charge in [-0.3, -0.25) is 14.7 Å². The molecular formula is C9H17N3O2. The zero-order chi connectivity index (χ0) is 10.3. The Kier molecular flexibility index (Phi) is 2.47. The second kappa shape index (κ2) is 3.49. The van der Waals surface area contributed by atoms with Gasteiger partial charge in [-0.15, -0.1) is 0 Å². The maximum absolute atomic E-state index is 11.8. The van der Waals surface area contributed by atoms with Crippen molar-refractivity contribution in [2.45, 2.75) is 6.04 Å². The molecular weight excluding hydrogens is 182 g/mol. The number of carbonyl (C=O) groups excluding carboxylic acids is 1. The van der Waals surface area contributed by atoms with E-state index in [-0.39, 0.29) is 11.8 Å². The van der Waals surface area contributed by atoms with Crippen LogP contribution in [-0.2, 0) is 9.53 Å². The van der Waals surface area contributed by atoms with E-state index < -0.39 is 0 Å². The molecule has 0 radical (unpaired) electrons. The van der Waals surface area contributed by atoms with E-state index in [1.807, 2.05) is 7.05 Å². The lowest BCUT2D eigenvalue weighted by atomic mass is 9.92. The van der Waals surface area contributed by atoms with Crippen LogP contribution in [0.4, 0.5) is 0 Å². The summed E-state index contributed by atoms with van der Waals surface area (Å²) in [7, 11) is 3.64. The Morgan fingerprint density at radius 2 is 2.29 bits per heavy atom. The fourth-order valence-corrected chi connectivity index (χ4v) is 2.50. The first kappa shape index (κ1) is 9.89. The minimum atomic E-state index is 0.0162. The summed E-state index contributed by atoms with van der Waals surface area (Å²) in [5.41, 5.74) is 0. The van der Waals surface area contributed by atoms with E-state index >= 15 is 0 Å². The van der Waals surface area contributed by atoms with E-state index in [1.54, 1.807) is 7.05 Å². The quantitative estimate of drug-likeness (QED) is 0.331. The summed E-state index contributed by atoms with van der Waals surface area (Å²) in [5, 5.41) is 1.19. The topological polar surface area (TPSA) is 58.8 Å². The number of ether oxygens (including phenoxy) is 1. The fraction of sp³-hybridized carbons (Fsp3) is 0.889. The Morgan fingerprint density at radius 3 is 2.93 bits per heavy atom. The van der Waals surface area contributed by atoms with Crippen molar-refractivity contribution in [1.82, 2.24) is 9.91 Å². The highest BCUT2D eigenvalue weighted by Crippen LogP contribution is 2.33. The number of fused-ring (bicyclic) bond motifs is 1. The van der Waals surface area contributed by atoms with Gasteiger partial charge in [-0.05, 0) is 7.05 Å². The van der Waals surface area contributed by atoms with Crippen molar-refractivity contribution >= 4 is 5.91 Å². The SMILES string of the molecule is CN(N)C(=O)C1CN(C)C2COCC12. The molecule has 0 aromatic rings. The average Bonchev–Trinajstić information content (AvgIpc) is 2.68. The number of hydrogen-bond acceptors (Lipinski definition) is 4. The highest BCUT2D eigenvalue weighted by atomic mass is 16.5. The van der Waals surface area contributed by atoms with Gasteiger partial charge >= 0.3 is 0 Å². The molecule has 3 atom stereocenters. The van der Waals surface area contributed by atoms with E-state index in [0.29, 0.717) is 18.6 Å². The predicted molar refractivity (Wildman–Crippen MR) is 51.2 cm³/mol. The van der Waals surface area contributed by atoms with E-state index in [4.69, 9.17) is 10.6 Å². The van der Waals surface area contributed by atoms with Crippen LogP contribution in [0.25, 0.3) is 0 Å². The third-order valence-corrected chi connectivity index (χ3v) is 3.33. The zero-order valence-corrected chi connectivity index (χ0v) is 8.64. The highest BCUT2D eigenvalue weighted by Gasteiger charge is 2.47. The summed E-state index contributed by atoms with van der Waals surface area (Å²) in [5.74, 6) is 5.84. The lowest BCUT2D eigenvalue weighted by Crippen LogP contribution is -2.41. The summed E-state index contributed by atoms with van der Waals surface area (Å²) in [4.78, 5) is 14.0. The van der Waals surface area contributed by atoms with Crippen LogP contribution in [0.2, 0.25) is 0 Å². The number of likely N-dealkylation sites (N-methyl/N-ethyl adjacent to an activating group) is 1. The van der Waals surface area contributed by atoms with E-state index in [1.165, 1.54) is 5.01 Å². The van der Waals surface area contributed by atoms with Gasteiger partial charge in [0.05, 0.1) is 19.1 Å². The summed E-state index contributed by atoms with van der Waals surface area (Å²) < 4.78 is 5.39. The molecule has 3 unspecified atom stereocenters. The Balaban J connectivity index is 2.10. The summed E-state index contributed by atoms with van der Waals surface area (Å²) >= 11 is 0. The van der Waals surface area contributed by atoms with Gasteiger partial charge in [0, 0.05) is 25.6 Å². The Bertz CT molecular complexity index is 244. The van der Waals surface area contributed by atoms with Crippen LogP contribution in [0, 0.1) is 11.8 Å². The first-order valence-electron chi connectivity index (χ1n) is 4.91. The lowest BCUT2D eigenvalue weighted by Gasteiger charge is -2.19. The second-order valence-corrected chi connectivity index (χ2v) is 4.26. The molecule has 5 nitrogen and oxygen atoms in total. The van der Waals surface area contributed by atoms with Gasteiger partial charge in [0.1, 0.15) is 0 Å². The molecule has 2 saturated heterocycles. The normalized spacial score (nSPS) is 37.2. The Hall–Kier alpha value is -0.650. The molecule has 0 spiro atoms. The van der Waals surface area contributed by atoms with Crippen molar-refractivity contribution in [3.63, 3.8) is 0 Å². The number of nitrogens with zero attached hydrogens (tertiary/aromatic N) is 2. The van der Waals surface area contributed by atoms with Crippen molar-refractivity contribution in [2.75, 3.05) is 33.9 Å². The van der Waals surface area contributed by atoms with E-state index in [0.717, 1.165) is 13.2 Å². The molecule has 2 N–H and O–H groups in total. The van der Waals surface area contributed by atoms with Crippen LogP contribution < -0.4 is 5.84 Å². The summed E-state index contributed by atoms with van der Waals surface area (Å²) in [6.07, 6.45) is 0. The highest BCUT2D eigenvalue weighted by molar-refractivity contribution is 5.79. The van der Waals surface area contributed by atoms with Crippen LogP contribution in [0.5, 0.6) is 0 Å². The van der Waals surface area contributed by atoms with E-state index in [2.05, 4.69) is 4.90 Å². The molecule has 2 fully saturated rings. The molecule has 0 aromatic heterocycles. The number of carbonyl (C=O) groups is 1. The molecule has 14 heavy (non-hydrogen) atoms. The van der Waals surface area contributed by atoms with Gasteiger partial charge in [0.25, 0.3) is 0 Å². The molecule has 2 heterocycles. The van der Waals surface area contributed by atoms with Gasteiger partial charge in [-0.2, -0.15) is 0 Å². The van der Waals surface area contributed by atoms with Crippen LogP contribution in [0.1, 0.15) is 0 Å². The smallest absolute Gasteiger partial charge is 0.241 e. The van der Waals surface area contributed by atoms with Gasteiger partial charge in [-0.1, -0.05) is 0 Å². The summed E-state index contributed by atoms with van der Waals surface area (Å²) in [6, 6.07) is 0.406. The van der Waals surface area contributed by atoms with E-state index in [9.17, 15) is 4.79 Å². The number of hydrogen-bond donors (Lipinski definition) is 1. The number of amides is 1. The molecule has 2 aliphatic rings. The summed E-state index contributed by atoms with van der Waals surface area (Å²) in [6.45, 7) is 2.25. The molecule has 2 rings (SSSR count). The molecule has 5 heteroatoms. The Morgan fingerprint density at radius 1 is 1.57 bits per heavy atom. The molecule has 80 valence electrons. The van der Waals surface area contributed by atoms with Crippen molar-refractivity contribution in [1.29, 1.82) is 0 Å².